The summed E-state index contributed by atoms with van der Waals surface area (Å²) in [5, 5.41) is 8.77. The first-order chi connectivity index (χ1) is 16.5. The summed E-state index contributed by atoms with van der Waals surface area (Å²) < 4.78 is 15.9. The van der Waals surface area contributed by atoms with Gasteiger partial charge >= 0.3 is 5.97 Å². The van der Waals surface area contributed by atoms with Gasteiger partial charge in [-0.05, 0) is 48.2 Å². The first kappa shape index (κ1) is 24.6. The van der Waals surface area contributed by atoms with Crippen molar-refractivity contribution in [2.24, 2.45) is 0 Å². The molecule has 0 aliphatic heterocycles. The number of hydrogen-bond acceptors (Lipinski definition) is 5. The Morgan fingerprint density at radius 1 is 0.824 bits per heavy atom. The Bertz CT molecular complexity index is 1060. The van der Waals surface area contributed by atoms with Crippen molar-refractivity contribution in [2.45, 2.75) is 19.4 Å². The second kappa shape index (κ2) is 12.3. The van der Waals surface area contributed by atoms with E-state index in [9.17, 15) is 9.59 Å². The lowest BCUT2D eigenvalue weighted by Crippen LogP contribution is -2.32. The normalized spacial score (nSPS) is 10.4. The van der Waals surface area contributed by atoms with Crippen molar-refractivity contribution in [1.82, 2.24) is 4.90 Å². The molecule has 3 aromatic rings. The molecular weight excluding hydrogens is 434 g/mol. The van der Waals surface area contributed by atoms with Crippen LogP contribution in [0.25, 0.3) is 0 Å². The van der Waals surface area contributed by atoms with E-state index in [2.05, 4.69) is 12.1 Å². The zero-order valence-electron chi connectivity index (χ0n) is 19.4. The third-order valence-corrected chi connectivity index (χ3v) is 5.28. The Morgan fingerprint density at radius 2 is 1.47 bits per heavy atom. The standard InChI is InChI=1S/C27H29NO6/c1-32-24-15-22(16-25(17-24)33-2)27(31)28(14-6-9-20-7-4-3-5-8-20)18-21-10-12-23(13-11-21)34-19-26(29)30/h3-5,7-8,10-13,15-17H,6,9,14,18-19H2,1-2H3,(H,29,30). The van der Waals surface area contributed by atoms with E-state index in [-0.39, 0.29) is 5.91 Å². The number of aryl methyl sites for hydroxylation is 1. The molecule has 1 amide bonds. The van der Waals surface area contributed by atoms with E-state index in [1.807, 2.05) is 30.3 Å². The van der Waals surface area contributed by atoms with Gasteiger partial charge in [0.2, 0.25) is 0 Å². The van der Waals surface area contributed by atoms with E-state index in [1.165, 1.54) is 5.56 Å². The van der Waals surface area contributed by atoms with Gasteiger partial charge in [0.1, 0.15) is 17.2 Å². The number of carboxylic acid groups (broad SMARTS) is 1. The average molecular weight is 464 g/mol. The van der Waals surface area contributed by atoms with Crippen LogP contribution in [0.2, 0.25) is 0 Å². The number of carbonyl (C=O) groups is 2. The fourth-order valence-electron chi connectivity index (χ4n) is 3.54. The molecule has 7 nitrogen and oxygen atoms in total. The first-order valence-corrected chi connectivity index (χ1v) is 11.0. The number of aliphatic carboxylic acids is 1. The zero-order chi connectivity index (χ0) is 24.3. The third kappa shape index (κ3) is 7.27. The molecule has 0 saturated heterocycles. The molecule has 0 aliphatic carbocycles. The van der Waals surface area contributed by atoms with E-state index in [4.69, 9.17) is 19.3 Å². The summed E-state index contributed by atoms with van der Waals surface area (Å²) in [4.78, 5) is 26.0. The highest BCUT2D eigenvalue weighted by atomic mass is 16.5. The van der Waals surface area contributed by atoms with Gasteiger partial charge in [0.05, 0.1) is 14.2 Å². The number of benzene rings is 3. The van der Waals surface area contributed by atoms with E-state index >= 15 is 0 Å². The van der Waals surface area contributed by atoms with Crippen LogP contribution in [-0.2, 0) is 17.8 Å². The molecule has 178 valence electrons. The SMILES string of the molecule is COc1cc(OC)cc(C(=O)N(CCCc2ccccc2)Cc2ccc(OCC(=O)O)cc2)c1. The van der Waals surface area contributed by atoms with Crippen LogP contribution in [0.5, 0.6) is 17.2 Å². The van der Waals surface area contributed by atoms with Crippen LogP contribution < -0.4 is 14.2 Å². The summed E-state index contributed by atoms with van der Waals surface area (Å²) in [6.45, 7) is 0.554. The van der Waals surface area contributed by atoms with Crippen LogP contribution in [-0.4, -0.2) is 49.3 Å². The van der Waals surface area contributed by atoms with Crippen molar-refractivity contribution in [1.29, 1.82) is 0 Å². The van der Waals surface area contributed by atoms with Crippen molar-refractivity contribution in [3.63, 3.8) is 0 Å². The molecule has 34 heavy (non-hydrogen) atoms. The Hall–Kier alpha value is -4.00. The lowest BCUT2D eigenvalue weighted by Gasteiger charge is -2.24. The Morgan fingerprint density at radius 3 is 2.06 bits per heavy atom. The van der Waals surface area contributed by atoms with Gasteiger partial charge in [-0.1, -0.05) is 42.5 Å². The van der Waals surface area contributed by atoms with E-state index in [0.29, 0.717) is 35.9 Å². The monoisotopic (exact) mass is 463 g/mol. The van der Waals surface area contributed by atoms with Crippen molar-refractivity contribution in [3.05, 3.63) is 89.5 Å². The fraction of sp³-hybridized carbons (Fsp3) is 0.259. The minimum Gasteiger partial charge on any atom is -0.497 e. The third-order valence-electron chi connectivity index (χ3n) is 5.28. The summed E-state index contributed by atoms with van der Waals surface area (Å²) in [6, 6.07) is 22.4. The average Bonchev–Trinajstić information content (AvgIpc) is 2.87. The molecule has 0 radical (unpaired) electrons. The summed E-state index contributed by atoms with van der Waals surface area (Å²) in [5.74, 6) is 0.397. The molecule has 0 bridgehead atoms. The second-order valence-electron chi connectivity index (χ2n) is 7.74. The summed E-state index contributed by atoms with van der Waals surface area (Å²) in [6.07, 6.45) is 1.66. The van der Waals surface area contributed by atoms with Crippen LogP contribution in [0.3, 0.4) is 0 Å². The highest BCUT2D eigenvalue weighted by Crippen LogP contribution is 2.24. The molecule has 1 N–H and O–H groups in total. The number of hydrogen-bond donors (Lipinski definition) is 1. The topological polar surface area (TPSA) is 85.3 Å². The van der Waals surface area contributed by atoms with Crippen molar-refractivity contribution >= 4 is 11.9 Å². The van der Waals surface area contributed by atoms with Crippen LogP contribution >= 0.6 is 0 Å². The first-order valence-electron chi connectivity index (χ1n) is 11.0. The zero-order valence-corrected chi connectivity index (χ0v) is 19.4. The molecule has 0 unspecified atom stereocenters. The molecule has 0 fully saturated rings. The van der Waals surface area contributed by atoms with E-state index < -0.39 is 12.6 Å². The smallest absolute Gasteiger partial charge is 0.341 e. The van der Waals surface area contributed by atoms with Crippen LogP contribution in [0.4, 0.5) is 0 Å². The predicted octanol–water partition coefficient (Wildman–Crippen LogP) is 4.44. The van der Waals surface area contributed by atoms with Crippen molar-refractivity contribution in [2.75, 3.05) is 27.4 Å². The van der Waals surface area contributed by atoms with Crippen molar-refractivity contribution in [3.8, 4) is 17.2 Å². The molecular formula is C27H29NO6. The van der Waals surface area contributed by atoms with Gasteiger partial charge in [-0.2, -0.15) is 0 Å². The number of carbonyl (C=O) groups excluding carboxylic acids is 1. The van der Waals surface area contributed by atoms with Gasteiger partial charge in [-0.15, -0.1) is 0 Å². The Balaban J connectivity index is 1.77. The number of rotatable bonds is 12. The summed E-state index contributed by atoms with van der Waals surface area (Å²) in [7, 11) is 3.10. The Labute approximate surface area is 199 Å². The van der Waals surface area contributed by atoms with Gasteiger partial charge in [0, 0.05) is 24.7 Å². The van der Waals surface area contributed by atoms with Gasteiger partial charge in [-0.25, -0.2) is 4.79 Å². The molecule has 0 saturated carbocycles. The number of ether oxygens (including phenoxy) is 3. The molecule has 0 spiro atoms. The molecule has 0 atom stereocenters. The van der Waals surface area contributed by atoms with E-state index in [1.54, 1.807) is 49.5 Å². The van der Waals surface area contributed by atoms with Gasteiger partial charge in [0.15, 0.2) is 6.61 Å². The maximum atomic E-state index is 13.5. The van der Waals surface area contributed by atoms with Gasteiger partial charge < -0.3 is 24.2 Å². The van der Waals surface area contributed by atoms with Gasteiger partial charge in [0.25, 0.3) is 5.91 Å². The lowest BCUT2D eigenvalue weighted by atomic mass is 10.1. The quantitative estimate of drug-likeness (QED) is 0.427. The Kier molecular flexibility index (Phi) is 8.91. The van der Waals surface area contributed by atoms with E-state index in [0.717, 1.165) is 18.4 Å². The summed E-state index contributed by atoms with van der Waals surface area (Å²) >= 11 is 0. The number of amides is 1. The molecule has 3 rings (SSSR count). The minimum atomic E-state index is -1.03. The largest absolute Gasteiger partial charge is 0.497 e. The van der Waals surface area contributed by atoms with Crippen LogP contribution in [0, 0.1) is 0 Å². The number of methoxy groups -OCH3 is 2. The highest BCUT2D eigenvalue weighted by molar-refractivity contribution is 5.95. The molecule has 0 heterocycles. The number of carboxylic acids is 1. The van der Waals surface area contributed by atoms with Crippen LogP contribution in [0.15, 0.2) is 72.8 Å². The van der Waals surface area contributed by atoms with Crippen molar-refractivity contribution < 1.29 is 28.9 Å². The highest BCUT2D eigenvalue weighted by Gasteiger charge is 2.18. The lowest BCUT2D eigenvalue weighted by molar-refractivity contribution is -0.139. The molecule has 0 aromatic heterocycles. The molecule has 0 aliphatic rings. The molecule has 7 heteroatoms. The number of nitrogens with zero attached hydrogens (tertiary/aromatic N) is 1. The summed E-state index contributed by atoms with van der Waals surface area (Å²) in [5.41, 5.74) is 2.61. The maximum Gasteiger partial charge on any atom is 0.341 e. The minimum absolute atomic E-state index is 0.128. The second-order valence-corrected chi connectivity index (χ2v) is 7.74. The van der Waals surface area contributed by atoms with Gasteiger partial charge in [-0.3, -0.25) is 4.79 Å². The van der Waals surface area contributed by atoms with Crippen LogP contribution in [0.1, 0.15) is 27.9 Å². The fourth-order valence-corrected chi connectivity index (χ4v) is 3.54. The maximum absolute atomic E-state index is 13.5. The predicted molar refractivity (Wildman–Crippen MR) is 129 cm³/mol. The molecule has 3 aromatic carbocycles.